The van der Waals surface area contributed by atoms with Crippen LogP contribution in [-0.4, -0.2) is 61.6 Å². The maximum atomic E-state index is 5.03. The van der Waals surface area contributed by atoms with E-state index in [4.69, 9.17) is 4.99 Å². The van der Waals surface area contributed by atoms with Gasteiger partial charge in [0.2, 0.25) is 0 Å². The molecule has 27 heavy (non-hydrogen) atoms. The van der Waals surface area contributed by atoms with E-state index in [1.165, 1.54) is 50.9 Å². The first-order valence-electron chi connectivity index (χ1n) is 10.6. The fourth-order valence-electron chi connectivity index (χ4n) is 4.37. The highest BCUT2D eigenvalue weighted by atomic mass is 127. The Balaban J connectivity index is 0.00000261. The summed E-state index contributed by atoms with van der Waals surface area (Å²) in [4.78, 5) is 10.1. The minimum atomic E-state index is 0. The SMILES string of the molecule is CCNC(=NCC1CCCN(CC)C1)N1CCC(Cc2ccccc2)C1.I. The van der Waals surface area contributed by atoms with Gasteiger partial charge in [0, 0.05) is 32.7 Å². The number of hydrogen-bond acceptors (Lipinski definition) is 2. The second-order valence-corrected chi connectivity index (χ2v) is 7.89. The smallest absolute Gasteiger partial charge is 0.193 e. The molecule has 0 radical (unpaired) electrons. The summed E-state index contributed by atoms with van der Waals surface area (Å²) in [6.45, 7) is 12.3. The van der Waals surface area contributed by atoms with Crippen LogP contribution in [0, 0.1) is 11.8 Å². The number of benzene rings is 1. The van der Waals surface area contributed by atoms with Crippen molar-refractivity contribution in [2.45, 2.75) is 39.5 Å². The Morgan fingerprint density at radius 2 is 1.89 bits per heavy atom. The lowest BCUT2D eigenvalue weighted by molar-refractivity contribution is 0.186. The van der Waals surface area contributed by atoms with Crippen molar-refractivity contribution in [3.05, 3.63) is 35.9 Å². The van der Waals surface area contributed by atoms with E-state index < -0.39 is 0 Å². The fourth-order valence-corrected chi connectivity index (χ4v) is 4.37. The average molecular weight is 484 g/mol. The number of nitrogens with zero attached hydrogens (tertiary/aromatic N) is 3. The number of rotatable bonds is 6. The summed E-state index contributed by atoms with van der Waals surface area (Å²) in [7, 11) is 0. The van der Waals surface area contributed by atoms with E-state index in [-0.39, 0.29) is 24.0 Å². The highest BCUT2D eigenvalue weighted by Crippen LogP contribution is 2.21. The maximum Gasteiger partial charge on any atom is 0.193 e. The molecule has 1 N–H and O–H groups in total. The number of guanidine groups is 1. The van der Waals surface area contributed by atoms with Crippen molar-refractivity contribution in [1.82, 2.24) is 15.1 Å². The van der Waals surface area contributed by atoms with Crippen molar-refractivity contribution in [2.24, 2.45) is 16.8 Å². The van der Waals surface area contributed by atoms with Crippen LogP contribution in [0.2, 0.25) is 0 Å². The van der Waals surface area contributed by atoms with Gasteiger partial charge in [-0.3, -0.25) is 4.99 Å². The summed E-state index contributed by atoms with van der Waals surface area (Å²) in [6.07, 6.45) is 5.11. The molecule has 1 aromatic rings. The van der Waals surface area contributed by atoms with Crippen LogP contribution in [0.15, 0.2) is 35.3 Å². The minimum Gasteiger partial charge on any atom is -0.357 e. The summed E-state index contributed by atoms with van der Waals surface area (Å²) in [5, 5.41) is 3.54. The highest BCUT2D eigenvalue weighted by molar-refractivity contribution is 14.0. The van der Waals surface area contributed by atoms with Crippen molar-refractivity contribution in [3.8, 4) is 0 Å². The first kappa shape index (κ1) is 22.5. The summed E-state index contributed by atoms with van der Waals surface area (Å²) in [5.41, 5.74) is 1.46. The summed E-state index contributed by atoms with van der Waals surface area (Å²) in [6, 6.07) is 10.9. The van der Waals surface area contributed by atoms with Crippen molar-refractivity contribution >= 4 is 29.9 Å². The van der Waals surface area contributed by atoms with Gasteiger partial charge in [0.25, 0.3) is 0 Å². The van der Waals surface area contributed by atoms with Gasteiger partial charge < -0.3 is 15.1 Å². The molecular formula is C22H37IN4. The van der Waals surface area contributed by atoms with Crippen LogP contribution in [0.25, 0.3) is 0 Å². The van der Waals surface area contributed by atoms with Crippen LogP contribution >= 0.6 is 24.0 Å². The first-order chi connectivity index (χ1) is 12.8. The Hall–Kier alpha value is -0.820. The second kappa shape index (κ2) is 11.9. The monoisotopic (exact) mass is 484 g/mol. The number of hydrogen-bond donors (Lipinski definition) is 1. The highest BCUT2D eigenvalue weighted by Gasteiger charge is 2.25. The third-order valence-corrected chi connectivity index (χ3v) is 5.84. The third kappa shape index (κ3) is 6.93. The number of piperidine rings is 1. The molecule has 4 nitrogen and oxygen atoms in total. The van der Waals surface area contributed by atoms with E-state index in [9.17, 15) is 0 Å². The van der Waals surface area contributed by atoms with Gasteiger partial charge in [-0.2, -0.15) is 0 Å². The Morgan fingerprint density at radius 3 is 2.63 bits per heavy atom. The van der Waals surface area contributed by atoms with E-state index in [0.29, 0.717) is 0 Å². The molecule has 3 rings (SSSR count). The molecule has 2 fully saturated rings. The predicted molar refractivity (Wildman–Crippen MR) is 126 cm³/mol. The van der Waals surface area contributed by atoms with Gasteiger partial charge >= 0.3 is 0 Å². The molecule has 0 aromatic heterocycles. The summed E-state index contributed by atoms with van der Waals surface area (Å²) >= 11 is 0. The van der Waals surface area contributed by atoms with Crippen molar-refractivity contribution in [3.63, 3.8) is 0 Å². The zero-order chi connectivity index (χ0) is 18.2. The molecule has 2 heterocycles. The van der Waals surface area contributed by atoms with Gasteiger partial charge in [0.15, 0.2) is 5.96 Å². The first-order valence-corrected chi connectivity index (χ1v) is 10.6. The fraction of sp³-hybridized carbons (Fsp3) is 0.682. The molecule has 1 aromatic carbocycles. The second-order valence-electron chi connectivity index (χ2n) is 7.89. The van der Waals surface area contributed by atoms with Crippen molar-refractivity contribution < 1.29 is 0 Å². The number of nitrogens with one attached hydrogen (secondary N) is 1. The zero-order valence-corrected chi connectivity index (χ0v) is 19.4. The van der Waals surface area contributed by atoms with Gasteiger partial charge in [0.1, 0.15) is 0 Å². The van der Waals surface area contributed by atoms with Gasteiger partial charge in [-0.15, -0.1) is 24.0 Å². The lowest BCUT2D eigenvalue weighted by atomic mass is 9.98. The zero-order valence-electron chi connectivity index (χ0n) is 17.1. The molecule has 0 amide bonds. The van der Waals surface area contributed by atoms with Crippen LogP contribution < -0.4 is 5.32 Å². The number of likely N-dealkylation sites (tertiary alicyclic amines) is 2. The lowest BCUT2D eigenvalue weighted by Crippen LogP contribution is -2.41. The molecule has 2 aliphatic rings. The molecule has 152 valence electrons. The Morgan fingerprint density at radius 1 is 1.07 bits per heavy atom. The van der Waals surface area contributed by atoms with Crippen LogP contribution in [-0.2, 0) is 6.42 Å². The van der Waals surface area contributed by atoms with E-state index in [2.05, 4.69) is 59.3 Å². The molecule has 0 spiro atoms. The van der Waals surface area contributed by atoms with Crippen LogP contribution in [0.4, 0.5) is 0 Å². The number of aliphatic imine (C=N–C) groups is 1. The van der Waals surface area contributed by atoms with E-state index >= 15 is 0 Å². The van der Waals surface area contributed by atoms with Gasteiger partial charge in [-0.05, 0) is 63.1 Å². The van der Waals surface area contributed by atoms with E-state index in [1.54, 1.807) is 0 Å². The lowest BCUT2D eigenvalue weighted by Gasteiger charge is -2.31. The van der Waals surface area contributed by atoms with Crippen LogP contribution in [0.5, 0.6) is 0 Å². The van der Waals surface area contributed by atoms with Crippen molar-refractivity contribution in [1.29, 1.82) is 0 Å². The predicted octanol–water partition coefficient (Wildman–Crippen LogP) is 3.87. The molecule has 2 atom stereocenters. The normalized spacial score (nSPS) is 23.9. The van der Waals surface area contributed by atoms with Gasteiger partial charge in [0.05, 0.1) is 0 Å². The Bertz CT molecular complexity index is 563. The molecule has 0 saturated carbocycles. The quantitative estimate of drug-likeness (QED) is 0.378. The molecule has 2 aliphatic heterocycles. The molecule has 0 bridgehead atoms. The molecule has 2 saturated heterocycles. The van der Waals surface area contributed by atoms with Crippen LogP contribution in [0.3, 0.4) is 0 Å². The van der Waals surface area contributed by atoms with Crippen molar-refractivity contribution in [2.75, 3.05) is 45.8 Å². The molecule has 0 aliphatic carbocycles. The third-order valence-electron chi connectivity index (χ3n) is 5.84. The van der Waals surface area contributed by atoms with E-state index in [0.717, 1.165) is 44.0 Å². The molecular weight excluding hydrogens is 447 g/mol. The topological polar surface area (TPSA) is 30.9 Å². The standard InChI is InChI=1S/C22H36N4.HI/c1-3-23-22(24-16-21-11-8-13-25(4-2)17-21)26-14-12-20(18-26)15-19-9-6-5-7-10-19;/h5-7,9-10,20-21H,3-4,8,11-18H2,1-2H3,(H,23,24);1H. The Labute approximate surface area is 182 Å². The average Bonchev–Trinajstić information content (AvgIpc) is 3.14. The van der Waals surface area contributed by atoms with Gasteiger partial charge in [-0.25, -0.2) is 0 Å². The van der Waals surface area contributed by atoms with Crippen LogP contribution in [0.1, 0.15) is 38.7 Å². The van der Waals surface area contributed by atoms with E-state index in [1.807, 2.05) is 0 Å². The Kier molecular flexibility index (Phi) is 9.90. The van der Waals surface area contributed by atoms with Gasteiger partial charge in [-0.1, -0.05) is 37.3 Å². The molecule has 5 heteroatoms. The number of halogens is 1. The largest absolute Gasteiger partial charge is 0.357 e. The summed E-state index contributed by atoms with van der Waals surface area (Å²) in [5.74, 6) is 2.60. The summed E-state index contributed by atoms with van der Waals surface area (Å²) < 4.78 is 0. The molecule has 2 unspecified atom stereocenters. The minimum absolute atomic E-state index is 0. The maximum absolute atomic E-state index is 5.03.